The van der Waals surface area contributed by atoms with Crippen LogP contribution in [0.3, 0.4) is 0 Å². The number of aromatic hydroxyl groups is 1. The molecule has 0 atom stereocenters. The fourth-order valence-corrected chi connectivity index (χ4v) is 2.25. The van der Waals surface area contributed by atoms with Gasteiger partial charge in [0, 0.05) is 26.2 Å². The molecule has 0 unspecified atom stereocenters. The third-order valence-electron chi connectivity index (χ3n) is 3.67. The Morgan fingerprint density at radius 2 is 1.72 bits per heavy atom. The minimum atomic E-state index is 0.000185. The van der Waals surface area contributed by atoms with E-state index in [0.717, 1.165) is 39.0 Å². The summed E-state index contributed by atoms with van der Waals surface area (Å²) in [6, 6.07) is 7.37. The SMILES string of the molecule is CC.CCCc1ccc(O)cc1.CN1CCN(C(=O)CNC=O)CC1. The van der Waals surface area contributed by atoms with Gasteiger partial charge in [0.15, 0.2) is 0 Å². The number of likely N-dealkylation sites (N-methyl/N-ethyl adjacent to an activating group) is 1. The molecule has 2 rings (SSSR count). The van der Waals surface area contributed by atoms with Gasteiger partial charge in [-0.2, -0.15) is 0 Å². The number of piperazine rings is 1. The number of carbonyl (C=O) groups is 2. The number of amides is 2. The summed E-state index contributed by atoms with van der Waals surface area (Å²) >= 11 is 0. The van der Waals surface area contributed by atoms with E-state index < -0.39 is 0 Å². The first-order chi connectivity index (χ1) is 12.1. The van der Waals surface area contributed by atoms with Crippen LogP contribution in [-0.2, 0) is 16.0 Å². The van der Waals surface area contributed by atoms with Gasteiger partial charge in [0.1, 0.15) is 5.75 Å². The molecular formula is C19H33N3O3. The van der Waals surface area contributed by atoms with Gasteiger partial charge in [-0.1, -0.05) is 39.3 Å². The molecule has 1 heterocycles. The number of benzene rings is 1. The van der Waals surface area contributed by atoms with Gasteiger partial charge in [0.25, 0.3) is 0 Å². The van der Waals surface area contributed by atoms with Crippen LogP contribution in [-0.4, -0.2) is 67.0 Å². The monoisotopic (exact) mass is 351 g/mol. The summed E-state index contributed by atoms with van der Waals surface area (Å²) < 4.78 is 0. The third-order valence-corrected chi connectivity index (χ3v) is 3.67. The Labute approximate surface area is 151 Å². The highest BCUT2D eigenvalue weighted by molar-refractivity contribution is 5.80. The highest BCUT2D eigenvalue weighted by atomic mass is 16.3. The lowest BCUT2D eigenvalue weighted by Crippen LogP contribution is -2.49. The van der Waals surface area contributed by atoms with Gasteiger partial charge in [-0.05, 0) is 31.2 Å². The second-order valence-corrected chi connectivity index (χ2v) is 5.60. The van der Waals surface area contributed by atoms with Crippen molar-refractivity contribution in [1.29, 1.82) is 0 Å². The highest BCUT2D eigenvalue weighted by Gasteiger charge is 2.17. The van der Waals surface area contributed by atoms with Crippen molar-refractivity contribution in [3.63, 3.8) is 0 Å². The Morgan fingerprint density at radius 1 is 1.16 bits per heavy atom. The molecule has 1 aliphatic rings. The van der Waals surface area contributed by atoms with Crippen LogP contribution in [0.15, 0.2) is 24.3 Å². The Bertz CT molecular complexity index is 469. The quantitative estimate of drug-likeness (QED) is 0.795. The van der Waals surface area contributed by atoms with Gasteiger partial charge in [0.05, 0.1) is 6.54 Å². The fourth-order valence-electron chi connectivity index (χ4n) is 2.25. The normalized spacial score (nSPS) is 13.7. The van der Waals surface area contributed by atoms with Crippen molar-refractivity contribution in [2.45, 2.75) is 33.6 Å². The minimum absolute atomic E-state index is 0.000185. The predicted molar refractivity (Wildman–Crippen MR) is 102 cm³/mol. The van der Waals surface area contributed by atoms with Crippen molar-refractivity contribution in [3.8, 4) is 5.75 Å². The van der Waals surface area contributed by atoms with E-state index in [0.29, 0.717) is 12.2 Å². The van der Waals surface area contributed by atoms with Gasteiger partial charge in [0.2, 0.25) is 12.3 Å². The summed E-state index contributed by atoms with van der Waals surface area (Å²) in [5, 5.41) is 11.3. The predicted octanol–water partition coefficient (Wildman–Crippen LogP) is 1.88. The van der Waals surface area contributed by atoms with Crippen LogP contribution < -0.4 is 5.32 Å². The summed E-state index contributed by atoms with van der Waals surface area (Å²) in [4.78, 5) is 25.3. The summed E-state index contributed by atoms with van der Waals surface area (Å²) in [6.07, 6.45) is 2.80. The maximum Gasteiger partial charge on any atom is 0.242 e. The van der Waals surface area contributed by atoms with Crippen LogP contribution in [0.25, 0.3) is 0 Å². The van der Waals surface area contributed by atoms with E-state index in [2.05, 4.69) is 17.1 Å². The zero-order valence-electron chi connectivity index (χ0n) is 16.0. The van der Waals surface area contributed by atoms with Crippen molar-refractivity contribution >= 4 is 12.3 Å². The zero-order chi connectivity index (χ0) is 19.1. The Hall–Kier alpha value is -2.08. The Morgan fingerprint density at radius 3 is 2.20 bits per heavy atom. The molecule has 1 aromatic rings. The first-order valence-corrected chi connectivity index (χ1v) is 8.98. The lowest BCUT2D eigenvalue weighted by Gasteiger charge is -2.32. The van der Waals surface area contributed by atoms with Crippen LogP contribution in [0.2, 0.25) is 0 Å². The number of phenolic OH excluding ortho intramolecular Hbond substituents is 1. The van der Waals surface area contributed by atoms with E-state index in [1.807, 2.05) is 33.0 Å². The van der Waals surface area contributed by atoms with E-state index in [9.17, 15) is 9.59 Å². The molecule has 25 heavy (non-hydrogen) atoms. The molecule has 0 bridgehead atoms. The standard InChI is InChI=1S/C9H12O.C8H15N3O2.C2H6/c1-2-3-8-4-6-9(10)7-5-8;1-10-2-4-11(5-3-10)8(13)6-9-7-12;1-2/h4-7,10H,2-3H2,1H3;7H,2-6H2,1H3,(H,9,12);1-2H3. The largest absolute Gasteiger partial charge is 0.508 e. The molecule has 1 aliphatic heterocycles. The first-order valence-electron chi connectivity index (χ1n) is 8.98. The number of carbonyl (C=O) groups excluding carboxylic acids is 2. The average Bonchev–Trinajstić information content (AvgIpc) is 2.64. The average molecular weight is 351 g/mol. The molecule has 2 amide bonds. The molecule has 1 fully saturated rings. The summed E-state index contributed by atoms with van der Waals surface area (Å²) in [5.74, 6) is 0.347. The number of hydrogen-bond acceptors (Lipinski definition) is 4. The van der Waals surface area contributed by atoms with Crippen molar-refractivity contribution in [2.24, 2.45) is 0 Å². The molecule has 0 radical (unpaired) electrons. The number of aryl methyl sites for hydroxylation is 1. The van der Waals surface area contributed by atoms with Gasteiger partial charge >= 0.3 is 0 Å². The maximum absolute atomic E-state index is 11.3. The lowest BCUT2D eigenvalue weighted by atomic mass is 10.1. The molecule has 1 saturated heterocycles. The molecule has 0 spiro atoms. The van der Waals surface area contributed by atoms with Crippen LogP contribution in [0.5, 0.6) is 5.75 Å². The first kappa shape index (κ1) is 22.9. The van der Waals surface area contributed by atoms with Crippen molar-refractivity contribution in [3.05, 3.63) is 29.8 Å². The third kappa shape index (κ3) is 10.4. The second-order valence-electron chi connectivity index (χ2n) is 5.60. The van der Waals surface area contributed by atoms with Crippen molar-refractivity contribution < 1.29 is 14.7 Å². The molecule has 6 nitrogen and oxygen atoms in total. The number of nitrogens with zero attached hydrogens (tertiary/aromatic N) is 2. The maximum atomic E-state index is 11.3. The highest BCUT2D eigenvalue weighted by Crippen LogP contribution is 2.10. The van der Waals surface area contributed by atoms with Gasteiger partial charge in [-0.3, -0.25) is 9.59 Å². The van der Waals surface area contributed by atoms with Gasteiger partial charge in [-0.15, -0.1) is 0 Å². The molecule has 1 aromatic carbocycles. The van der Waals surface area contributed by atoms with Crippen LogP contribution in [0, 0.1) is 0 Å². The smallest absolute Gasteiger partial charge is 0.242 e. The second kappa shape index (κ2) is 14.3. The van der Waals surface area contributed by atoms with E-state index >= 15 is 0 Å². The molecule has 0 aromatic heterocycles. The topological polar surface area (TPSA) is 72.9 Å². The number of rotatable bonds is 5. The van der Waals surface area contributed by atoms with Crippen LogP contribution in [0.1, 0.15) is 32.8 Å². The van der Waals surface area contributed by atoms with E-state index in [1.165, 1.54) is 5.56 Å². The number of nitrogens with one attached hydrogen (secondary N) is 1. The molecular weight excluding hydrogens is 318 g/mol. The molecule has 6 heteroatoms. The molecule has 142 valence electrons. The fraction of sp³-hybridized carbons (Fsp3) is 0.579. The minimum Gasteiger partial charge on any atom is -0.508 e. The van der Waals surface area contributed by atoms with Crippen LogP contribution in [0.4, 0.5) is 0 Å². The Balaban J connectivity index is 0.000000430. The molecule has 0 aliphatic carbocycles. The molecule has 2 N–H and O–H groups in total. The number of phenols is 1. The number of hydrogen-bond donors (Lipinski definition) is 2. The van der Waals surface area contributed by atoms with E-state index in [4.69, 9.17) is 5.11 Å². The van der Waals surface area contributed by atoms with Crippen molar-refractivity contribution in [2.75, 3.05) is 39.8 Å². The van der Waals surface area contributed by atoms with Crippen LogP contribution >= 0.6 is 0 Å². The van der Waals surface area contributed by atoms with Crippen molar-refractivity contribution in [1.82, 2.24) is 15.1 Å². The summed E-state index contributed by atoms with van der Waals surface area (Å²) in [7, 11) is 2.03. The van der Waals surface area contributed by atoms with Gasteiger partial charge in [-0.25, -0.2) is 0 Å². The summed E-state index contributed by atoms with van der Waals surface area (Å²) in [5.41, 5.74) is 1.29. The lowest BCUT2D eigenvalue weighted by molar-refractivity contribution is -0.132. The van der Waals surface area contributed by atoms with E-state index in [1.54, 1.807) is 17.0 Å². The molecule has 0 saturated carbocycles. The summed E-state index contributed by atoms with van der Waals surface area (Å²) in [6.45, 7) is 9.60. The van der Waals surface area contributed by atoms with E-state index in [-0.39, 0.29) is 12.5 Å². The Kier molecular flexibility index (Phi) is 13.1. The zero-order valence-corrected chi connectivity index (χ0v) is 16.0. The van der Waals surface area contributed by atoms with Gasteiger partial charge < -0.3 is 20.2 Å².